The second kappa shape index (κ2) is 5.09. The number of hydrogen-bond acceptors (Lipinski definition) is 2. The minimum absolute atomic E-state index is 0.166. The summed E-state index contributed by atoms with van der Waals surface area (Å²) < 4.78 is 27.5. The fraction of sp³-hybridized carbons (Fsp3) is 0.0714. The van der Waals surface area contributed by atoms with Crippen LogP contribution < -0.4 is 5.73 Å². The smallest absolute Gasteiger partial charge is 0.196 e. The van der Waals surface area contributed by atoms with Gasteiger partial charge in [0.2, 0.25) is 0 Å². The number of nitrogens with two attached hydrogens (primary N) is 1. The van der Waals surface area contributed by atoms with Crippen molar-refractivity contribution in [3.05, 3.63) is 63.1 Å². The number of halogens is 3. The topological polar surface area (TPSA) is 43.1 Å². The summed E-state index contributed by atoms with van der Waals surface area (Å²) in [6, 6.07) is 6.50. The Bertz CT molecular complexity index is 671. The lowest BCUT2D eigenvalue weighted by atomic mass is 10.0. The number of hydrogen-bond donors (Lipinski definition) is 1. The van der Waals surface area contributed by atoms with Gasteiger partial charge in [-0.25, -0.2) is 8.78 Å². The summed E-state index contributed by atoms with van der Waals surface area (Å²) in [5.74, 6) is -2.08. The molecule has 0 atom stereocenters. The van der Waals surface area contributed by atoms with E-state index in [0.29, 0.717) is 16.2 Å². The summed E-state index contributed by atoms with van der Waals surface area (Å²) in [6.07, 6.45) is 0. The molecular formula is C14H10BrF2NO. The minimum Gasteiger partial charge on any atom is -0.398 e. The standard InChI is InChI=1S/C14H10BrF2NO/c1-7-4-9(12(17)6-11(7)16)14(19)8-2-3-10(15)13(18)5-8/h2-6H,18H2,1H3. The van der Waals surface area contributed by atoms with Crippen LogP contribution in [-0.4, -0.2) is 5.78 Å². The highest BCUT2D eigenvalue weighted by molar-refractivity contribution is 9.10. The molecule has 2 N–H and O–H groups in total. The molecule has 0 spiro atoms. The zero-order valence-electron chi connectivity index (χ0n) is 10.0. The van der Waals surface area contributed by atoms with Crippen LogP contribution in [0.25, 0.3) is 0 Å². The second-order valence-corrected chi connectivity index (χ2v) is 5.00. The van der Waals surface area contributed by atoms with Crippen molar-refractivity contribution in [2.45, 2.75) is 6.92 Å². The number of nitrogen functional groups attached to an aromatic ring is 1. The van der Waals surface area contributed by atoms with E-state index in [-0.39, 0.29) is 16.7 Å². The fourth-order valence-electron chi connectivity index (χ4n) is 1.67. The number of carbonyl (C=O) groups is 1. The summed E-state index contributed by atoms with van der Waals surface area (Å²) in [5.41, 5.74) is 6.36. The van der Waals surface area contributed by atoms with Crippen LogP contribution >= 0.6 is 15.9 Å². The zero-order valence-corrected chi connectivity index (χ0v) is 11.6. The van der Waals surface area contributed by atoms with Crippen LogP contribution in [0.1, 0.15) is 21.5 Å². The van der Waals surface area contributed by atoms with Gasteiger partial charge in [-0.2, -0.15) is 0 Å². The first-order valence-corrected chi connectivity index (χ1v) is 6.25. The summed E-state index contributed by atoms with van der Waals surface area (Å²) in [6.45, 7) is 1.47. The van der Waals surface area contributed by atoms with E-state index in [9.17, 15) is 13.6 Å². The lowest BCUT2D eigenvalue weighted by Gasteiger charge is -2.06. The maximum atomic E-state index is 13.6. The molecule has 0 aliphatic rings. The van der Waals surface area contributed by atoms with Crippen LogP contribution in [0, 0.1) is 18.6 Å². The van der Waals surface area contributed by atoms with Gasteiger partial charge in [0, 0.05) is 21.8 Å². The van der Waals surface area contributed by atoms with Crippen molar-refractivity contribution in [1.82, 2.24) is 0 Å². The number of benzene rings is 2. The van der Waals surface area contributed by atoms with Gasteiger partial charge in [0.1, 0.15) is 11.6 Å². The van der Waals surface area contributed by atoms with E-state index >= 15 is 0 Å². The van der Waals surface area contributed by atoms with E-state index in [0.717, 1.165) is 0 Å². The number of carbonyl (C=O) groups excluding carboxylic acids is 1. The third kappa shape index (κ3) is 2.66. The molecule has 19 heavy (non-hydrogen) atoms. The van der Waals surface area contributed by atoms with Gasteiger partial charge in [0.15, 0.2) is 5.78 Å². The number of anilines is 1. The normalized spacial score (nSPS) is 10.5. The van der Waals surface area contributed by atoms with Crippen LogP contribution in [0.4, 0.5) is 14.5 Å². The van der Waals surface area contributed by atoms with Crippen molar-refractivity contribution in [3.63, 3.8) is 0 Å². The molecule has 5 heteroatoms. The van der Waals surface area contributed by atoms with Crippen LogP contribution in [-0.2, 0) is 0 Å². The largest absolute Gasteiger partial charge is 0.398 e. The van der Waals surface area contributed by atoms with Gasteiger partial charge in [-0.3, -0.25) is 4.79 Å². The van der Waals surface area contributed by atoms with E-state index in [1.54, 1.807) is 6.07 Å². The van der Waals surface area contributed by atoms with Crippen LogP contribution in [0.3, 0.4) is 0 Å². The maximum Gasteiger partial charge on any atom is 0.196 e. The molecule has 0 unspecified atom stereocenters. The van der Waals surface area contributed by atoms with Gasteiger partial charge in [0.25, 0.3) is 0 Å². The molecule has 2 rings (SSSR count). The number of rotatable bonds is 2. The average molecular weight is 326 g/mol. The third-order valence-corrected chi connectivity index (χ3v) is 3.47. The lowest BCUT2D eigenvalue weighted by molar-refractivity contribution is 0.103. The Kier molecular flexibility index (Phi) is 3.66. The predicted molar refractivity (Wildman–Crippen MR) is 73.1 cm³/mol. The molecule has 0 aromatic heterocycles. The first-order chi connectivity index (χ1) is 8.90. The average Bonchev–Trinajstić information content (AvgIpc) is 2.36. The lowest BCUT2D eigenvalue weighted by Crippen LogP contribution is -2.06. The van der Waals surface area contributed by atoms with Gasteiger partial charge in [-0.1, -0.05) is 0 Å². The van der Waals surface area contributed by atoms with E-state index in [2.05, 4.69) is 15.9 Å². The van der Waals surface area contributed by atoms with Gasteiger partial charge in [-0.05, 0) is 52.7 Å². The molecule has 0 saturated heterocycles. The molecule has 0 aliphatic carbocycles. The highest BCUT2D eigenvalue weighted by Crippen LogP contribution is 2.23. The molecular weight excluding hydrogens is 316 g/mol. The van der Waals surface area contributed by atoms with Gasteiger partial charge in [-0.15, -0.1) is 0 Å². The molecule has 0 aliphatic heterocycles. The molecule has 0 radical (unpaired) electrons. The first-order valence-electron chi connectivity index (χ1n) is 5.45. The van der Waals surface area contributed by atoms with E-state index in [1.165, 1.54) is 25.1 Å². The summed E-state index contributed by atoms with van der Waals surface area (Å²) in [4.78, 5) is 12.2. The Hall–Kier alpha value is -1.75. The van der Waals surface area contributed by atoms with Crippen LogP contribution in [0.15, 0.2) is 34.8 Å². The highest BCUT2D eigenvalue weighted by Gasteiger charge is 2.17. The summed E-state index contributed by atoms with van der Waals surface area (Å²) in [7, 11) is 0. The van der Waals surface area contributed by atoms with Crippen LogP contribution in [0.2, 0.25) is 0 Å². The molecule has 0 bridgehead atoms. The maximum absolute atomic E-state index is 13.6. The molecule has 98 valence electrons. The minimum atomic E-state index is -0.880. The quantitative estimate of drug-likeness (QED) is 0.673. The Morgan fingerprint density at radius 1 is 1.16 bits per heavy atom. The van der Waals surface area contributed by atoms with Crippen molar-refractivity contribution < 1.29 is 13.6 Å². The molecule has 0 saturated carbocycles. The Morgan fingerprint density at radius 3 is 2.47 bits per heavy atom. The van der Waals surface area contributed by atoms with Gasteiger partial charge >= 0.3 is 0 Å². The SMILES string of the molecule is Cc1cc(C(=O)c2ccc(Br)c(N)c2)c(F)cc1F. The van der Waals surface area contributed by atoms with Crippen LogP contribution in [0.5, 0.6) is 0 Å². The van der Waals surface area contributed by atoms with E-state index in [1.807, 2.05) is 0 Å². The van der Waals surface area contributed by atoms with E-state index in [4.69, 9.17) is 5.73 Å². The first kappa shape index (κ1) is 13.7. The molecule has 2 aromatic carbocycles. The summed E-state index contributed by atoms with van der Waals surface area (Å²) in [5, 5.41) is 0. The second-order valence-electron chi connectivity index (χ2n) is 4.15. The zero-order chi connectivity index (χ0) is 14.2. The van der Waals surface area contributed by atoms with E-state index < -0.39 is 17.4 Å². The Morgan fingerprint density at radius 2 is 1.84 bits per heavy atom. The molecule has 0 heterocycles. The van der Waals surface area contributed by atoms with Crippen molar-refractivity contribution in [1.29, 1.82) is 0 Å². The molecule has 0 fully saturated rings. The van der Waals surface area contributed by atoms with Crippen molar-refractivity contribution in [2.24, 2.45) is 0 Å². The summed E-state index contributed by atoms with van der Waals surface area (Å²) >= 11 is 3.21. The Labute approximate surface area is 117 Å². The van der Waals surface area contributed by atoms with Crippen molar-refractivity contribution in [2.75, 3.05) is 5.73 Å². The molecule has 0 amide bonds. The number of aryl methyl sites for hydroxylation is 1. The monoisotopic (exact) mass is 325 g/mol. The number of ketones is 1. The fourth-order valence-corrected chi connectivity index (χ4v) is 1.92. The van der Waals surface area contributed by atoms with Gasteiger partial charge in [0.05, 0.1) is 5.56 Å². The Balaban J connectivity index is 2.49. The van der Waals surface area contributed by atoms with Crippen molar-refractivity contribution in [3.8, 4) is 0 Å². The predicted octanol–water partition coefficient (Wildman–Crippen LogP) is 3.85. The highest BCUT2D eigenvalue weighted by atomic mass is 79.9. The van der Waals surface area contributed by atoms with Gasteiger partial charge < -0.3 is 5.73 Å². The third-order valence-electron chi connectivity index (χ3n) is 2.75. The van der Waals surface area contributed by atoms with Crippen molar-refractivity contribution >= 4 is 27.4 Å². The molecule has 2 nitrogen and oxygen atoms in total. The molecule has 2 aromatic rings.